The van der Waals surface area contributed by atoms with Crippen molar-refractivity contribution in [1.82, 2.24) is 9.88 Å². The smallest absolute Gasteiger partial charge is 0.223 e. The van der Waals surface area contributed by atoms with Crippen LogP contribution in [0.15, 0.2) is 28.7 Å². The number of para-hydroxylation sites is 2. The van der Waals surface area contributed by atoms with Gasteiger partial charge >= 0.3 is 0 Å². The van der Waals surface area contributed by atoms with Crippen molar-refractivity contribution in [2.45, 2.75) is 38.6 Å². The molecule has 2 unspecified atom stereocenters. The van der Waals surface area contributed by atoms with Crippen LogP contribution in [0.4, 0.5) is 0 Å². The molecule has 3 rings (SSSR count). The van der Waals surface area contributed by atoms with Crippen LogP contribution in [0.1, 0.15) is 32.1 Å². The van der Waals surface area contributed by atoms with Crippen LogP contribution < -0.4 is 5.73 Å². The maximum Gasteiger partial charge on any atom is 0.223 e. The predicted molar refractivity (Wildman–Crippen MR) is 85.3 cm³/mol. The largest absolute Gasteiger partial charge is 0.441 e. The van der Waals surface area contributed by atoms with E-state index >= 15 is 0 Å². The summed E-state index contributed by atoms with van der Waals surface area (Å²) in [5.41, 5.74) is 7.45. The highest BCUT2D eigenvalue weighted by Gasteiger charge is 2.28. The third-order valence-electron chi connectivity index (χ3n) is 4.46. The summed E-state index contributed by atoms with van der Waals surface area (Å²) in [6.07, 6.45) is 3.03. The summed E-state index contributed by atoms with van der Waals surface area (Å²) in [5, 5.41) is 0. The standard InChI is InChI=1S/C17H23N3O2/c1-12-8-9-20(13(10-12)11-18)17(21)7-6-16-19-14-4-2-3-5-15(14)22-16/h2-5,12-13H,6-11,18H2,1H3. The van der Waals surface area contributed by atoms with E-state index in [0.717, 1.165) is 30.5 Å². The Balaban J connectivity index is 1.61. The highest BCUT2D eigenvalue weighted by Crippen LogP contribution is 2.23. The van der Waals surface area contributed by atoms with Crippen LogP contribution in [0.2, 0.25) is 0 Å². The van der Waals surface area contributed by atoms with Gasteiger partial charge in [0, 0.05) is 32.0 Å². The Morgan fingerprint density at radius 2 is 2.27 bits per heavy atom. The van der Waals surface area contributed by atoms with Crippen LogP contribution >= 0.6 is 0 Å². The second-order valence-corrected chi connectivity index (χ2v) is 6.18. The van der Waals surface area contributed by atoms with E-state index < -0.39 is 0 Å². The van der Waals surface area contributed by atoms with E-state index in [1.54, 1.807) is 0 Å². The van der Waals surface area contributed by atoms with Crippen LogP contribution in [0, 0.1) is 5.92 Å². The Bertz CT molecular complexity index is 619. The third-order valence-corrected chi connectivity index (χ3v) is 4.46. The van der Waals surface area contributed by atoms with Crippen molar-refractivity contribution in [3.8, 4) is 0 Å². The Morgan fingerprint density at radius 3 is 3.05 bits per heavy atom. The Kier molecular flexibility index (Phi) is 4.43. The van der Waals surface area contributed by atoms with Gasteiger partial charge in [-0.05, 0) is 30.9 Å². The molecule has 0 spiro atoms. The fourth-order valence-corrected chi connectivity index (χ4v) is 3.19. The van der Waals surface area contributed by atoms with Gasteiger partial charge in [-0.25, -0.2) is 4.98 Å². The van der Waals surface area contributed by atoms with Crippen LogP contribution in [-0.2, 0) is 11.2 Å². The maximum absolute atomic E-state index is 12.5. The SMILES string of the molecule is CC1CCN(C(=O)CCc2nc3ccccc3o2)C(CN)C1. The molecule has 2 heterocycles. The summed E-state index contributed by atoms with van der Waals surface area (Å²) in [5.74, 6) is 1.43. The minimum absolute atomic E-state index is 0.157. The molecule has 1 aliphatic heterocycles. The maximum atomic E-state index is 12.5. The van der Waals surface area contributed by atoms with Crippen molar-refractivity contribution in [3.05, 3.63) is 30.2 Å². The van der Waals surface area contributed by atoms with E-state index in [0.29, 0.717) is 31.2 Å². The summed E-state index contributed by atoms with van der Waals surface area (Å²) in [6, 6.07) is 7.84. The van der Waals surface area contributed by atoms with Crippen molar-refractivity contribution < 1.29 is 9.21 Å². The van der Waals surface area contributed by atoms with E-state index in [2.05, 4.69) is 11.9 Å². The minimum atomic E-state index is 0.157. The Morgan fingerprint density at radius 1 is 1.45 bits per heavy atom. The lowest BCUT2D eigenvalue weighted by Gasteiger charge is -2.38. The Labute approximate surface area is 130 Å². The number of carbonyl (C=O) groups excluding carboxylic acids is 1. The summed E-state index contributed by atoms with van der Waals surface area (Å²) in [7, 11) is 0. The lowest BCUT2D eigenvalue weighted by atomic mass is 9.92. The van der Waals surface area contributed by atoms with Gasteiger partial charge < -0.3 is 15.1 Å². The van der Waals surface area contributed by atoms with Gasteiger partial charge in [0.05, 0.1) is 0 Å². The van der Waals surface area contributed by atoms with Gasteiger partial charge in [0.25, 0.3) is 0 Å². The molecule has 0 saturated carbocycles. The monoisotopic (exact) mass is 301 g/mol. The van der Waals surface area contributed by atoms with Crippen LogP contribution in [-0.4, -0.2) is 34.9 Å². The molecule has 1 aliphatic rings. The summed E-state index contributed by atoms with van der Waals surface area (Å²) >= 11 is 0. The van der Waals surface area contributed by atoms with Gasteiger partial charge in [0.1, 0.15) is 5.52 Å². The molecule has 0 bridgehead atoms. The van der Waals surface area contributed by atoms with E-state index in [1.165, 1.54) is 0 Å². The average Bonchev–Trinajstić information content (AvgIpc) is 2.95. The molecular formula is C17H23N3O2. The van der Waals surface area contributed by atoms with Crippen molar-refractivity contribution in [2.24, 2.45) is 11.7 Å². The predicted octanol–water partition coefficient (Wildman–Crippen LogP) is 2.35. The molecular weight excluding hydrogens is 278 g/mol. The van der Waals surface area contributed by atoms with Crippen molar-refractivity contribution >= 4 is 17.0 Å². The number of oxazole rings is 1. The molecule has 0 radical (unpaired) electrons. The molecule has 2 aromatic rings. The molecule has 5 heteroatoms. The number of aryl methyl sites for hydroxylation is 1. The van der Waals surface area contributed by atoms with E-state index in [9.17, 15) is 4.79 Å². The molecule has 118 valence electrons. The fraction of sp³-hybridized carbons (Fsp3) is 0.529. The van der Waals surface area contributed by atoms with E-state index in [4.69, 9.17) is 10.2 Å². The molecule has 1 amide bonds. The topological polar surface area (TPSA) is 72.4 Å². The van der Waals surface area contributed by atoms with Gasteiger partial charge in [-0.15, -0.1) is 0 Å². The van der Waals surface area contributed by atoms with E-state index in [-0.39, 0.29) is 11.9 Å². The zero-order valence-corrected chi connectivity index (χ0v) is 13.0. The lowest BCUT2D eigenvalue weighted by molar-refractivity contribution is -0.135. The summed E-state index contributed by atoms with van der Waals surface area (Å²) in [4.78, 5) is 18.8. The van der Waals surface area contributed by atoms with Crippen LogP contribution in [0.5, 0.6) is 0 Å². The molecule has 1 saturated heterocycles. The molecule has 0 aliphatic carbocycles. The lowest BCUT2D eigenvalue weighted by Crippen LogP contribution is -2.49. The number of amides is 1. The number of nitrogens with two attached hydrogens (primary N) is 1. The number of aromatic nitrogens is 1. The molecule has 1 aromatic carbocycles. The third kappa shape index (κ3) is 3.14. The fourth-order valence-electron chi connectivity index (χ4n) is 3.19. The molecule has 1 aromatic heterocycles. The number of rotatable bonds is 4. The average molecular weight is 301 g/mol. The second-order valence-electron chi connectivity index (χ2n) is 6.18. The Hall–Kier alpha value is -1.88. The molecule has 1 fully saturated rings. The first-order valence-corrected chi connectivity index (χ1v) is 8.01. The van der Waals surface area contributed by atoms with Crippen LogP contribution in [0.3, 0.4) is 0 Å². The van der Waals surface area contributed by atoms with Gasteiger partial charge in [-0.1, -0.05) is 19.1 Å². The minimum Gasteiger partial charge on any atom is -0.441 e. The number of carbonyl (C=O) groups is 1. The zero-order valence-electron chi connectivity index (χ0n) is 13.0. The summed E-state index contributed by atoms with van der Waals surface area (Å²) in [6.45, 7) is 3.58. The number of benzene rings is 1. The van der Waals surface area contributed by atoms with Crippen molar-refractivity contribution in [2.75, 3.05) is 13.1 Å². The highest BCUT2D eigenvalue weighted by atomic mass is 16.3. The quantitative estimate of drug-likeness (QED) is 0.941. The van der Waals surface area contributed by atoms with Crippen LogP contribution in [0.25, 0.3) is 11.1 Å². The number of hydrogen-bond donors (Lipinski definition) is 1. The van der Waals surface area contributed by atoms with Gasteiger partial charge in [-0.2, -0.15) is 0 Å². The van der Waals surface area contributed by atoms with Gasteiger partial charge in [0.2, 0.25) is 5.91 Å². The molecule has 22 heavy (non-hydrogen) atoms. The highest BCUT2D eigenvalue weighted by molar-refractivity contribution is 5.77. The number of piperidine rings is 1. The van der Waals surface area contributed by atoms with Crippen molar-refractivity contribution in [1.29, 1.82) is 0 Å². The van der Waals surface area contributed by atoms with E-state index in [1.807, 2.05) is 29.2 Å². The number of fused-ring (bicyclic) bond motifs is 1. The number of hydrogen-bond acceptors (Lipinski definition) is 4. The molecule has 2 N–H and O–H groups in total. The number of likely N-dealkylation sites (tertiary alicyclic amines) is 1. The first-order chi connectivity index (χ1) is 10.7. The second kappa shape index (κ2) is 6.48. The first kappa shape index (κ1) is 15.0. The zero-order chi connectivity index (χ0) is 15.5. The molecule has 5 nitrogen and oxygen atoms in total. The first-order valence-electron chi connectivity index (χ1n) is 8.01. The van der Waals surface area contributed by atoms with Gasteiger partial charge in [-0.3, -0.25) is 4.79 Å². The number of nitrogens with zero attached hydrogens (tertiary/aromatic N) is 2. The molecule has 2 atom stereocenters. The summed E-state index contributed by atoms with van der Waals surface area (Å²) < 4.78 is 5.67. The normalized spacial score (nSPS) is 22.2. The van der Waals surface area contributed by atoms with Gasteiger partial charge in [0.15, 0.2) is 11.5 Å². The van der Waals surface area contributed by atoms with Crippen molar-refractivity contribution in [3.63, 3.8) is 0 Å².